The Kier molecular flexibility index (Phi) is 5.83. The number of aryl methyl sites for hydroxylation is 1. The van der Waals surface area contributed by atoms with Crippen molar-refractivity contribution in [3.8, 4) is 11.3 Å². The van der Waals surface area contributed by atoms with Crippen molar-refractivity contribution >= 4 is 5.84 Å². The van der Waals surface area contributed by atoms with E-state index >= 15 is 0 Å². The van der Waals surface area contributed by atoms with Crippen LogP contribution in [0.25, 0.3) is 11.3 Å². The van der Waals surface area contributed by atoms with Crippen molar-refractivity contribution in [3.63, 3.8) is 0 Å². The number of hydrogen-bond donors (Lipinski definition) is 1. The Hall–Kier alpha value is -2.36. The summed E-state index contributed by atoms with van der Waals surface area (Å²) in [6.07, 6.45) is 6.17. The Balaban J connectivity index is 0.00000109. The minimum absolute atomic E-state index is 0.413. The van der Waals surface area contributed by atoms with Crippen LogP contribution in [-0.2, 0) is 12.6 Å². The fourth-order valence-corrected chi connectivity index (χ4v) is 3.34. The molecule has 0 amide bonds. The third kappa shape index (κ3) is 3.84. The largest absolute Gasteiger partial charge is 0.388 e. The quantitative estimate of drug-likeness (QED) is 0.489. The lowest BCUT2D eigenvalue weighted by atomic mass is 9.79. The molecule has 0 radical (unpaired) electrons. The van der Waals surface area contributed by atoms with Gasteiger partial charge in [0.2, 0.25) is 0 Å². The molecule has 0 aliphatic heterocycles. The summed E-state index contributed by atoms with van der Waals surface area (Å²) in [5.74, 6) is 1.08. The highest BCUT2D eigenvalue weighted by Gasteiger charge is 2.47. The number of nitrogens with two attached hydrogens (primary N) is 1. The van der Waals surface area contributed by atoms with E-state index < -0.39 is 5.54 Å². The number of aliphatic imine (C=N–C) groups is 1. The summed E-state index contributed by atoms with van der Waals surface area (Å²) in [6, 6.07) is 8.47. The van der Waals surface area contributed by atoms with Crippen molar-refractivity contribution in [2.75, 3.05) is 0 Å². The van der Waals surface area contributed by atoms with Crippen LogP contribution in [0.2, 0.25) is 0 Å². The number of nitrogens with zero attached hydrogens (tertiary/aromatic N) is 3. The Morgan fingerprint density at radius 1 is 1.32 bits per heavy atom. The van der Waals surface area contributed by atoms with Crippen LogP contribution in [0.5, 0.6) is 0 Å². The zero-order chi connectivity index (χ0) is 18.6. The van der Waals surface area contributed by atoms with Gasteiger partial charge >= 0.3 is 0 Å². The minimum Gasteiger partial charge on any atom is -0.388 e. The van der Waals surface area contributed by atoms with Gasteiger partial charge in [0.05, 0.1) is 17.9 Å². The van der Waals surface area contributed by atoms with E-state index in [0.29, 0.717) is 11.8 Å². The minimum atomic E-state index is -0.413. The van der Waals surface area contributed by atoms with Crippen molar-refractivity contribution in [3.05, 3.63) is 54.5 Å². The molecule has 1 heterocycles. The molecular weight excluding hydrogens is 308 g/mol. The number of rotatable bonds is 5. The average molecular weight is 338 g/mol. The summed E-state index contributed by atoms with van der Waals surface area (Å²) in [5.41, 5.74) is 9.81. The van der Waals surface area contributed by atoms with Gasteiger partial charge in [-0.25, -0.2) is 4.98 Å². The van der Waals surface area contributed by atoms with Gasteiger partial charge < -0.3 is 10.3 Å². The van der Waals surface area contributed by atoms with Crippen LogP contribution >= 0.6 is 0 Å². The van der Waals surface area contributed by atoms with E-state index in [9.17, 15) is 0 Å². The first-order valence-electron chi connectivity index (χ1n) is 9.00. The second-order valence-electron chi connectivity index (χ2n) is 6.58. The molecule has 1 aliphatic carbocycles. The summed E-state index contributed by atoms with van der Waals surface area (Å²) < 4.78 is 1.96. The van der Waals surface area contributed by atoms with E-state index in [2.05, 4.69) is 42.8 Å². The maximum absolute atomic E-state index is 5.96. The zero-order valence-corrected chi connectivity index (χ0v) is 16.1. The normalized spacial score (nSPS) is 16.6. The highest BCUT2D eigenvalue weighted by Crippen LogP contribution is 2.52. The van der Waals surface area contributed by atoms with Gasteiger partial charge in [0.15, 0.2) is 0 Å². The van der Waals surface area contributed by atoms with Crippen LogP contribution in [-0.4, -0.2) is 15.4 Å². The van der Waals surface area contributed by atoms with Crippen LogP contribution < -0.4 is 5.73 Å². The molecule has 4 nitrogen and oxygen atoms in total. The van der Waals surface area contributed by atoms with E-state index in [0.717, 1.165) is 35.2 Å². The molecule has 2 aromatic rings. The van der Waals surface area contributed by atoms with Gasteiger partial charge in [-0.15, -0.1) is 0 Å². The van der Waals surface area contributed by atoms with Crippen molar-refractivity contribution in [2.45, 2.75) is 46.1 Å². The Labute approximate surface area is 151 Å². The molecule has 2 N–H and O–H groups in total. The second-order valence-corrected chi connectivity index (χ2v) is 6.58. The fourth-order valence-electron chi connectivity index (χ4n) is 3.34. The lowest BCUT2D eigenvalue weighted by Crippen LogP contribution is -2.30. The zero-order valence-electron chi connectivity index (χ0n) is 16.1. The van der Waals surface area contributed by atoms with E-state index in [4.69, 9.17) is 10.7 Å². The van der Waals surface area contributed by atoms with Crippen LogP contribution in [0.3, 0.4) is 0 Å². The summed E-state index contributed by atoms with van der Waals surface area (Å²) >= 11 is 0. The molecule has 1 aromatic heterocycles. The summed E-state index contributed by atoms with van der Waals surface area (Å²) in [5, 5.41) is 0. The maximum Gasteiger partial charge on any atom is 0.111 e. The van der Waals surface area contributed by atoms with Gasteiger partial charge in [0.25, 0.3) is 0 Å². The molecule has 1 aromatic carbocycles. The molecule has 0 spiro atoms. The van der Waals surface area contributed by atoms with Gasteiger partial charge in [0, 0.05) is 18.8 Å². The summed E-state index contributed by atoms with van der Waals surface area (Å²) in [6.45, 7) is 12.1. The van der Waals surface area contributed by atoms with E-state index in [1.54, 1.807) is 0 Å². The maximum atomic E-state index is 5.96. The van der Waals surface area contributed by atoms with Gasteiger partial charge in [0.1, 0.15) is 5.54 Å². The van der Waals surface area contributed by atoms with Gasteiger partial charge in [-0.1, -0.05) is 38.6 Å². The molecule has 1 aliphatic rings. The van der Waals surface area contributed by atoms with Crippen LogP contribution in [0, 0.1) is 5.92 Å². The highest BCUT2D eigenvalue weighted by atomic mass is 15.0. The monoisotopic (exact) mass is 338 g/mol. The van der Waals surface area contributed by atoms with Crippen molar-refractivity contribution in [1.29, 1.82) is 0 Å². The standard InChI is InChI=1S/C19H24N4.C2H6/c1-13(2)19(16-8-9-16,22-14(3)20)17-7-5-6-15(10-17)18-11-23(4)12-21-18;1-2/h5-7,10-12,16H,1,8-9H2,2-4H3,(H2,20,22);1-2H3. The van der Waals surface area contributed by atoms with Crippen molar-refractivity contribution in [2.24, 2.45) is 23.7 Å². The van der Waals surface area contributed by atoms with Crippen LogP contribution in [0.4, 0.5) is 0 Å². The molecule has 25 heavy (non-hydrogen) atoms. The molecule has 1 saturated carbocycles. The Morgan fingerprint density at radius 3 is 2.48 bits per heavy atom. The summed E-state index contributed by atoms with van der Waals surface area (Å²) in [4.78, 5) is 9.30. The van der Waals surface area contributed by atoms with E-state index in [1.807, 2.05) is 44.9 Å². The molecule has 134 valence electrons. The Bertz CT molecular complexity index is 764. The molecule has 3 rings (SSSR count). The molecule has 1 fully saturated rings. The van der Waals surface area contributed by atoms with Gasteiger partial charge in [-0.2, -0.15) is 0 Å². The lowest BCUT2D eigenvalue weighted by molar-refractivity contribution is 0.460. The van der Waals surface area contributed by atoms with Crippen molar-refractivity contribution in [1.82, 2.24) is 9.55 Å². The summed E-state index contributed by atoms with van der Waals surface area (Å²) in [7, 11) is 1.98. The molecule has 1 atom stereocenters. The van der Waals surface area contributed by atoms with E-state index in [1.165, 1.54) is 0 Å². The number of hydrogen-bond acceptors (Lipinski definition) is 2. The third-order valence-corrected chi connectivity index (χ3v) is 4.47. The third-order valence-electron chi connectivity index (χ3n) is 4.47. The first kappa shape index (κ1) is 19.0. The first-order valence-corrected chi connectivity index (χ1v) is 9.00. The smallest absolute Gasteiger partial charge is 0.111 e. The van der Waals surface area contributed by atoms with E-state index in [-0.39, 0.29) is 0 Å². The topological polar surface area (TPSA) is 56.2 Å². The predicted molar refractivity (Wildman–Crippen MR) is 107 cm³/mol. The van der Waals surface area contributed by atoms with Crippen LogP contribution in [0.15, 0.2) is 53.9 Å². The van der Waals surface area contributed by atoms with Gasteiger partial charge in [-0.3, -0.25) is 4.99 Å². The second kappa shape index (κ2) is 7.68. The highest BCUT2D eigenvalue weighted by molar-refractivity contribution is 5.78. The number of amidine groups is 1. The fraction of sp³-hybridized carbons (Fsp3) is 0.429. The number of aromatic nitrogens is 2. The van der Waals surface area contributed by atoms with Crippen LogP contribution in [0.1, 0.15) is 46.1 Å². The lowest BCUT2D eigenvalue weighted by Gasteiger charge is -2.32. The van der Waals surface area contributed by atoms with Crippen molar-refractivity contribution < 1.29 is 0 Å². The number of imidazole rings is 1. The predicted octanol–water partition coefficient (Wildman–Crippen LogP) is 4.67. The Morgan fingerprint density at radius 2 is 2.00 bits per heavy atom. The SMILES string of the molecule is C=C(C)C(N=C(C)N)(c1cccc(-c2cn(C)cn2)c1)C1CC1.CC. The molecular formula is C21H30N4. The average Bonchev–Trinajstić information content (AvgIpc) is 3.35. The first-order chi connectivity index (χ1) is 11.9. The molecule has 1 unspecified atom stereocenters. The molecule has 0 saturated heterocycles. The number of benzene rings is 1. The van der Waals surface area contributed by atoms with Gasteiger partial charge in [-0.05, 0) is 49.8 Å². The molecule has 4 heteroatoms. The molecule has 0 bridgehead atoms.